The van der Waals surface area contributed by atoms with Gasteiger partial charge < -0.3 is 31.1 Å². The monoisotopic (exact) mass is 241 g/mol. The second-order valence-electron chi connectivity index (χ2n) is 3.84. The highest BCUT2D eigenvalue weighted by molar-refractivity contribution is 5.60. The van der Waals surface area contributed by atoms with Gasteiger partial charge in [-0.3, -0.25) is 0 Å². The first-order valence-electron chi connectivity index (χ1n) is 5.23. The van der Waals surface area contributed by atoms with E-state index < -0.39 is 24.5 Å². The van der Waals surface area contributed by atoms with Gasteiger partial charge in [0, 0.05) is 6.20 Å². The Balaban J connectivity index is 2.08. The first kappa shape index (κ1) is 12.1. The average Bonchev–Trinajstić information content (AvgIpc) is 2.60. The summed E-state index contributed by atoms with van der Waals surface area (Å²) in [5.74, 6) is 0.363. The number of nitrogen functional groups attached to an aromatic ring is 1. The number of aromatic nitrogens is 1. The first-order valence-corrected chi connectivity index (χ1v) is 5.23. The highest BCUT2D eigenvalue weighted by atomic mass is 16.6. The van der Waals surface area contributed by atoms with E-state index in [0.29, 0.717) is 11.5 Å². The van der Waals surface area contributed by atoms with Crippen LogP contribution in [-0.4, -0.2) is 51.5 Å². The lowest BCUT2D eigenvalue weighted by Gasteiger charge is -2.17. The third kappa shape index (κ3) is 2.32. The highest BCUT2D eigenvalue weighted by Crippen LogP contribution is 2.24. The largest absolute Gasteiger partial charge is 0.396 e. The molecule has 6 N–H and O–H groups in total. The molecule has 0 spiro atoms. The SMILES string of the molecule is Nc1cccnc1NC1O[C@H](CO)[C@@H](O)[C@H]1O. The van der Waals surface area contributed by atoms with Gasteiger partial charge in [-0.15, -0.1) is 0 Å². The third-order valence-electron chi connectivity index (χ3n) is 2.66. The molecule has 94 valence electrons. The van der Waals surface area contributed by atoms with E-state index in [4.69, 9.17) is 15.6 Å². The van der Waals surface area contributed by atoms with Crippen LogP contribution in [0.25, 0.3) is 0 Å². The predicted molar refractivity (Wildman–Crippen MR) is 60.0 cm³/mol. The Morgan fingerprint density at radius 2 is 2.18 bits per heavy atom. The van der Waals surface area contributed by atoms with E-state index in [9.17, 15) is 10.2 Å². The van der Waals surface area contributed by atoms with Crippen molar-refractivity contribution in [1.29, 1.82) is 0 Å². The summed E-state index contributed by atoms with van der Waals surface area (Å²) in [7, 11) is 0. The van der Waals surface area contributed by atoms with Gasteiger partial charge in [-0.25, -0.2) is 4.98 Å². The predicted octanol–water partition coefficient (Wildman–Crippen LogP) is -1.49. The Hall–Kier alpha value is -1.41. The molecular formula is C10H15N3O4. The fourth-order valence-corrected chi connectivity index (χ4v) is 1.69. The number of hydrogen-bond donors (Lipinski definition) is 5. The van der Waals surface area contributed by atoms with Crippen LogP contribution in [0.1, 0.15) is 0 Å². The molecule has 1 aromatic rings. The Bertz CT molecular complexity index is 390. The van der Waals surface area contributed by atoms with Crippen LogP contribution in [-0.2, 0) is 4.74 Å². The highest BCUT2D eigenvalue weighted by Gasteiger charge is 2.42. The third-order valence-corrected chi connectivity index (χ3v) is 2.66. The van der Waals surface area contributed by atoms with Crippen molar-refractivity contribution in [2.24, 2.45) is 0 Å². The lowest BCUT2D eigenvalue weighted by molar-refractivity contribution is -0.0153. The number of nitrogens with zero attached hydrogens (tertiary/aromatic N) is 1. The van der Waals surface area contributed by atoms with Crippen LogP contribution in [0.5, 0.6) is 0 Å². The van der Waals surface area contributed by atoms with Gasteiger partial charge in [0.15, 0.2) is 12.0 Å². The number of aliphatic hydroxyl groups excluding tert-OH is 3. The second kappa shape index (κ2) is 4.84. The van der Waals surface area contributed by atoms with Crippen LogP contribution < -0.4 is 11.1 Å². The molecule has 1 saturated heterocycles. The molecule has 0 saturated carbocycles. The fourth-order valence-electron chi connectivity index (χ4n) is 1.69. The molecule has 1 aromatic heterocycles. The van der Waals surface area contributed by atoms with E-state index in [-0.39, 0.29) is 6.61 Å². The van der Waals surface area contributed by atoms with Crippen LogP contribution in [0.15, 0.2) is 18.3 Å². The maximum Gasteiger partial charge on any atom is 0.158 e. The molecule has 7 heteroatoms. The summed E-state index contributed by atoms with van der Waals surface area (Å²) >= 11 is 0. The molecule has 1 aliphatic heterocycles. The molecule has 7 nitrogen and oxygen atoms in total. The molecular weight excluding hydrogens is 226 g/mol. The number of nitrogens with one attached hydrogen (secondary N) is 1. The fraction of sp³-hybridized carbons (Fsp3) is 0.500. The molecule has 0 amide bonds. The molecule has 17 heavy (non-hydrogen) atoms. The zero-order valence-electron chi connectivity index (χ0n) is 9.02. The van der Waals surface area contributed by atoms with Crippen molar-refractivity contribution >= 4 is 11.5 Å². The van der Waals surface area contributed by atoms with Gasteiger partial charge in [-0.05, 0) is 12.1 Å². The van der Waals surface area contributed by atoms with Gasteiger partial charge >= 0.3 is 0 Å². The topological polar surface area (TPSA) is 121 Å². The molecule has 1 fully saturated rings. The Labute approximate surface area is 97.9 Å². The van der Waals surface area contributed by atoms with Gasteiger partial charge in [-0.2, -0.15) is 0 Å². The van der Waals surface area contributed by atoms with Gasteiger partial charge in [-0.1, -0.05) is 0 Å². The lowest BCUT2D eigenvalue weighted by atomic mass is 10.1. The molecule has 4 atom stereocenters. The summed E-state index contributed by atoms with van der Waals surface area (Å²) in [5.41, 5.74) is 6.08. The van der Waals surface area contributed by atoms with Crippen molar-refractivity contribution in [3.63, 3.8) is 0 Å². The summed E-state index contributed by atoms with van der Waals surface area (Å²) in [6, 6.07) is 3.33. The summed E-state index contributed by atoms with van der Waals surface area (Å²) in [6.45, 7) is -0.367. The number of nitrogens with two attached hydrogens (primary N) is 1. The van der Waals surface area contributed by atoms with Crippen molar-refractivity contribution in [2.75, 3.05) is 17.7 Å². The van der Waals surface area contributed by atoms with Crippen molar-refractivity contribution in [3.8, 4) is 0 Å². The number of pyridine rings is 1. The van der Waals surface area contributed by atoms with E-state index in [1.165, 1.54) is 0 Å². The van der Waals surface area contributed by atoms with Crippen molar-refractivity contribution in [1.82, 2.24) is 4.98 Å². The van der Waals surface area contributed by atoms with E-state index >= 15 is 0 Å². The minimum Gasteiger partial charge on any atom is -0.396 e. The molecule has 0 radical (unpaired) electrons. The molecule has 0 bridgehead atoms. The van der Waals surface area contributed by atoms with Crippen LogP contribution in [0.3, 0.4) is 0 Å². The van der Waals surface area contributed by atoms with Crippen LogP contribution >= 0.6 is 0 Å². The van der Waals surface area contributed by atoms with Crippen LogP contribution in [0.4, 0.5) is 11.5 Å². The minimum atomic E-state index is -1.14. The van der Waals surface area contributed by atoms with E-state index in [2.05, 4.69) is 10.3 Å². The Kier molecular flexibility index (Phi) is 3.43. The maximum absolute atomic E-state index is 9.69. The number of ether oxygens (including phenoxy) is 1. The Morgan fingerprint density at radius 3 is 2.76 bits per heavy atom. The minimum absolute atomic E-state index is 0.363. The summed E-state index contributed by atoms with van der Waals surface area (Å²) < 4.78 is 5.24. The van der Waals surface area contributed by atoms with Gasteiger partial charge in [0.25, 0.3) is 0 Å². The number of anilines is 2. The summed E-state index contributed by atoms with van der Waals surface area (Å²) in [5, 5.41) is 30.9. The van der Waals surface area contributed by atoms with Crippen molar-refractivity contribution in [2.45, 2.75) is 24.5 Å². The quantitative estimate of drug-likeness (QED) is 0.437. The Morgan fingerprint density at radius 1 is 1.41 bits per heavy atom. The zero-order valence-corrected chi connectivity index (χ0v) is 9.02. The zero-order chi connectivity index (χ0) is 12.4. The molecule has 2 rings (SSSR count). The van der Waals surface area contributed by atoms with Gasteiger partial charge in [0.2, 0.25) is 0 Å². The number of hydrogen-bond acceptors (Lipinski definition) is 7. The number of rotatable bonds is 3. The summed E-state index contributed by atoms with van der Waals surface area (Å²) in [4.78, 5) is 3.98. The first-order chi connectivity index (χ1) is 8.13. The van der Waals surface area contributed by atoms with Crippen molar-refractivity contribution in [3.05, 3.63) is 18.3 Å². The molecule has 2 heterocycles. The second-order valence-corrected chi connectivity index (χ2v) is 3.84. The van der Waals surface area contributed by atoms with Crippen LogP contribution in [0.2, 0.25) is 0 Å². The molecule has 1 aliphatic rings. The molecule has 0 aliphatic carbocycles. The van der Waals surface area contributed by atoms with Crippen molar-refractivity contribution < 1.29 is 20.1 Å². The van der Waals surface area contributed by atoms with E-state index in [1.807, 2.05) is 0 Å². The lowest BCUT2D eigenvalue weighted by Crippen LogP contribution is -2.36. The smallest absolute Gasteiger partial charge is 0.158 e. The average molecular weight is 241 g/mol. The standard InChI is InChI=1S/C10H15N3O4/c11-5-2-1-3-12-9(5)13-10-8(16)7(15)6(4-14)17-10/h1-3,6-8,10,14-16H,4,11H2,(H,12,13)/t6-,7-,8-,10?/m1/s1. The molecule has 1 unspecified atom stereocenters. The van der Waals surface area contributed by atoms with E-state index in [0.717, 1.165) is 0 Å². The summed E-state index contributed by atoms with van der Waals surface area (Å²) in [6.07, 6.45) is -2.40. The van der Waals surface area contributed by atoms with Crippen LogP contribution in [0, 0.1) is 0 Å². The molecule has 0 aromatic carbocycles. The van der Waals surface area contributed by atoms with Gasteiger partial charge in [0.05, 0.1) is 12.3 Å². The van der Waals surface area contributed by atoms with Gasteiger partial charge in [0.1, 0.15) is 18.3 Å². The maximum atomic E-state index is 9.69. The number of aliphatic hydroxyl groups is 3. The normalized spacial score (nSPS) is 32.6. The van der Waals surface area contributed by atoms with E-state index in [1.54, 1.807) is 18.3 Å².